The molecule has 1 heterocycles. The second kappa shape index (κ2) is 5.51. The van der Waals surface area contributed by atoms with Crippen LogP contribution in [0.4, 0.5) is 5.69 Å². The Bertz CT molecular complexity index is 407. The van der Waals surface area contributed by atoms with Crippen LogP contribution >= 0.6 is 0 Å². The highest BCUT2D eigenvalue weighted by molar-refractivity contribution is 5.94. The Morgan fingerprint density at radius 3 is 2.61 bits per heavy atom. The molecule has 18 heavy (non-hydrogen) atoms. The van der Waals surface area contributed by atoms with Crippen LogP contribution in [0, 0.1) is 5.92 Å². The van der Waals surface area contributed by atoms with Gasteiger partial charge in [0.05, 0.1) is 11.9 Å². The smallest absolute Gasteiger partial charge is 0.180 e. The number of rotatable bonds is 6. The van der Waals surface area contributed by atoms with Crippen molar-refractivity contribution in [3.63, 3.8) is 0 Å². The first kappa shape index (κ1) is 13.1. The number of hydrogen-bond acceptors (Lipinski definition) is 3. The van der Waals surface area contributed by atoms with Crippen molar-refractivity contribution in [3.05, 3.63) is 24.0 Å². The van der Waals surface area contributed by atoms with Gasteiger partial charge in [-0.1, -0.05) is 20.8 Å². The van der Waals surface area contributed by atoms with Gasteiger partial charge in [-0.3, -0.25) is 9.78 Å². The van der Waals surface area contributed by atoms with Crippen molar-refractivity contribution in [2.24, 2.45) is 5.92 Å². The molecule has 0 unspecified atom stereocenters. The maximum atomic E-state index is 11.5. The first-order valence-corrected chi connectivity index (χ1v) is 6.87. The van der Waals surface area contributed by atoms with Gasteiger partial charge in [0.25, 0.3) is 0 Å². The molecule has 0 radical (unpaired) electrons. The normalized spacial score (nSPS) is 14.9. The number of hydrogen-bond donors (Lipinski definition) is 0. The zero-order valence-corrected chi connectivity index (χ0v) is 11.5. The molecule has 0 aliphatic heterocycles. The summed E-state index contributed by atoms with van der Waals surface area (Å²) >= 11 is 0. The lowest BCUT2D eigenvalue weighted by Crippen LogP contribution is -2.29. The molecule has 2 rings (SSSR count). The molecule has 0 N–H and O–H groups in total. The number of ketones is 1. The summed E-state index contributed by atoms with van der Waals surface area (Å²) in [7, 11) is 0. The minimum Gasteiger partial charge on any atom is -0.367 e. The van der Waals surface area contributed by atoms with E-state index in [2.05, 4.69) is 23.7 Å². The summed E-state index contributed by atoms with van der Waals surface area (Å²) in [4.78, 5) is 18.3. The molecule has 1 aromatic rings. The first-order valence-electron chi connectivity index (χ1n) is 6.87. The second-order valence-corrected chi connectivity index (χ2v) is 5.46. The Morgan fingerprint density at radius 2 is 2.17 bits per heavy atom. The minimum atomic E-state index is 0.114. The Kier molecular flexibility index (Phi) is 4.00. The molecule has 0 atom stereocenters. The van der Waals surface area contributed by atoms with Crippen LogP contribution in [0.2, 0.25) is 0 Å². The van der Waals surface area contributed by atoms with E-state index in [0.29, 0.717) is 24.1 Å². The molecule has 1 aliphatic carbocycles. The van der Waals surface area contributed by atoms with E-state index in [1.807, 2.05) is 25.3 Å². The molecule has 3 heteroatoms. The van der Waals surface area contributed by atoms with E-state index in [0.717, 1.165) is 12.2 Å². The maximum Gasteiger partial charge on any atom is 0.180 e. The van der Waals surface area contributed by atoms with Crippen molar-refractivity contribution < 1.29 is 4.79 Å². The summed E-state index contributed by atoms with van der Waals surface area (Å²) in [5, 5.41) is 0. The van der Waals surface area contributed by atoms with Gasteiger partial charge in [-0.15, -0.1) is 0 Å². The van der Waals surface area contributed by atoms with Crippen LogP contribution in [0.25, 0.3) is 0 Å². The van der Waals surface area contributed by atoms with Crippen LogP contribution in [0.15, 0.2) is 18.3 Å². The lowest BCUT2D eigenvalue weighted by molar-refractivity contribution is 0.0983. The van der Waals surface area contributed by atoms with Crippen molar-refractivity contribution in [2.75, 3.05) is 11.4 Å². The van der Waals surface area contributed by atoms with Crippen molar-refractivity contribution in [3.8, 4) is 0 Å². The van der Waals surface area contributed by atoms with E-state index in [1.54, 1.807) is 0 Å². The second-order valence-electron chi connectivity index (χ2n) is 5.46. The molecule has 0 aromatic carbocycles. The van der Waals surface area contributed by atoms with Gasteiger partial charge in [-0.2, -0.15) is 0 Å². The fourth-order valence-electron chi connectivity index (χ4n) is 2.15. The van der Waals surface area contributed by atoms with Crippen LogP contribution < -0.4 is 4.90 Å². The molecule has 1 aromatic heterocycles. The van der Waals surface area contributed by atoms with Crippen LogP contribution in [-0.4, -0.2) is 23.4 Å². The lowest BCUT2D eigenvalue weighted by Gasteiger charge is -2.26. The van der Waals surface area contributed by atoms with E-state index in [9.17, 15) is 4.79 Å². The number of aromatic nitrogens is 1. The average Bonchev–Trinajstić information content (AvgIpc) is 3.19. The molecule has 1 fully saturated rings. The number of Topliss-reactive ketones (excluding diaryl/α,β-unsaturated/α-hetero) is 1. The van der Waals surface area contributed by atoms with E-state index in [-0.39, 0.29) is 5.78 Å². The summed E-state index contributed by atoms with van der Waals surface area (Å²) in [5.41, 5.74) is 1.74. The first-order chi connectivity index (χ1) is 8.61. The number of carbonyl (C=O) groups is 1. The zero-order valence-electron chi connectivity index (χ0n) is 11.5. The Labute approximate surface area is 109 Å². The van der Waals surface area contributed by atoms with Crippen molar-refractivity contribution in [1.29, 1.82) is 0 Å². The van der Waals surface area contributed by atoms with Gasteiger partial charge in [0.2, 0.25) is 0 Å². The predicted octanol–water partition coefficient (Wildman–Crippen LogP) is 3.30. The van der Waals surface area contributed by atoms with Gasteiger partial charge in [-0.05, 0) is 30.9 Å². The standard InChI is InChI=1S/C15H22N2O/c1-4-15(18)14-8-7-13(9-16-14)17(10-11(2)3)12-5-6-12/h7-9,11-12H,4-6,10H2,1-3H3. The molecule has 1 saturated carbocycles. The quantitative estimate of drug-likeness (QED) is 0.722. The Hall–Kier alpha value is -1.38. The zero-order chi connectivity index (χ0) is 13.1. The van der Waals surface area contributed by atoms with Crippen molar-refractivity contribution >= 4 is 11.5 Å². The van der Waals surface area contributed by atoms with Gasteiger partial charge in [0, 0.05) is 19.0 Å². The SMILES string of the molecule is CCC(=O)c1ccc(N(CC(C)C)C2CC2)cn1. The lowest BCUT2D eigenvalue weighted by atomic mass is 10.1. The topological polar surface area (TPSA) is 33.2 Å². The highest BCUT2D eigenvalue weighted by atomic mass is 16.1. The van der Waals surface area contributed by atoms with Crippen LogP contribution in [0.3, 0.4) is 0 Å². The number of pyridine rings is 1. The molecule has 3 nitrogen and oxygen atoms in total. The molecule has 0 amide bonds. The molecular weight excluding hydrogens is 224 g/mol. The van der Waals surface area contributed by atoms with Crippen molar-refractivity contribution in [1.82, 2.24) is 4.98 Å². The maximum absolute atomic E-state index is 11.5. The summed E-state index contributed by atoms with van der Waals surface area (Å²) in [6.07, 6.45) is 4.93. The van der Waals surface area contributed by atoms with E-state index >= 15 is 0 Å². The monoisotopic (exact) mass is 246 g/mol. The number of nitrogens with zero attached hydrogens (tertiary/aromatic N) is 2. The minimum absolute atomic E-state index is 0.114. The molecular formula is C15H22N2O. The van der Waals surface area contributed by atoms with Gasteiger partial charge in [-0.25, -0.2) is 0 Å². The van der Waals surface area contributed by atoms with Gasteiger partial charge in [0.15, 0.2) is 5.78 Å². The molecule has 1 aliphatic rings. The summed E-state index contributed by atoms with van der Waals surface area (Å²) < 4.78 is 0. The third-order valence-corrected chi connectivity index (χ3v) is 3.24. The Balaban J connectivity index is 2.13. The van der Waals surface area contributed by atoms with E-state index < -0.39 is 0 Å². The van der Waals surface area contributed by atoms with E-state index in [1.165, 1.54) is 12.8 Å². The van der Waals surface area contributed by atoms with Crippen LogP contribution in [-0.2, 0) is 0 Å². The average molecular weight is 246 g/mol. The van der Waals surface area contributed by atoms with Gasteiger partial charge >= 0.3 is 0 Å². The number of carbonyl (C=O) groups excluding carboxylic acids is 1. The summed E-state index contributed by atoms with van der Waals surface area (Å²) in [5.74, 6) is 0.755. The largest absolute Gasteiger partial charge is 0.367 e. The highest BCUT2D eigenvalue weighted by Crippen LogP contribution is 2.32. The third-order valence-electron chi connectivity index (χ3n) is 3.24. The molecule has 0 spiro atoms. The number of anilines is 1. The fourth-order valence-corrected chi connectivity index (χ4v) is 2.15. The summed E-state index contributed by atoms with van der Waals surface area (Å²) in [6, 6.07) is 4.58. The predicted molar refractivity (Wildman–Crippen MR) is 74.1 cm³/mol. The fraction of sp³-hybridized carbons (Fsp3) is 0.600. The van der Waals surface area contributed by atoms with Crippen molar-refractivity contribution in [2.45, 2.75) is 46.1 Å². The van der Waals surface area contributed by atoms with Gasteiger partial charge < -0.3 is 4.90 Å². The summed E-state index contributed by atoms with van der Waals surface area (Å²) in [6.45, 7) is 7.40. The molecule has 0 bridgehead atoms. The van der Waals surface area contributed by atoms with E-state index in [4.69, 9.17) is 0 Å². The van der Waals surface area contributed by atoms with Gasteiger partial charge in [0.1, 0.15) is 5.69 Å². The highest BCUT2D eigenvalue weighted by Gasteiger charge is 2.29. The Morgan fingerprint density at radius 1 is 1.44 bits per heavy atom. The van der Waals surface area contributed by atoms with Crippen LogP contribution in [0.5, 0.6) is 0 Å². The molecule has 0 saturated heterocycles. The van der Waals surface area contributed by atoms with Crippen LogP contribution in [0.1, 0.15) is 50.5 Å². The molecule has 98 valence electrons. The third kappa shape index (κ3) is 3.09.